The first kappa shape index (κ1) is 17.9. The number of esters is 1. The average molecular weight is 351 g/mol. The van der Waals surface area contributed by atoms with E-state index in [1.165, 1.54) is 23.1 Å². The van der Waals surface area contributed by atoms with Gasteiger partial charge in [0, 0.05) is 0 Å². The lowest BCUT2D eigenvalue weighted by atomic mass is 10.1. The van der Waals surface area contributed by atoms with Gasteiger partial charge in [0.15, 0.2) is 0 Å². The molecule has 0 N–H and O–H groups in total. The summed E-state index contributed by atoms with van der Waals surface area (Å²) in [5, 5.41) is 0. The van der Waals surface area contributed by atoms with Crippen molar-refractivity contribution in [3.63, 3.8) is 0 Å². The summed E-state index contributed by atoms with van der Waals surface area (Å²) in [7, 11) is 0. The smallest absolute Gasteiger partial charge is 0.338 e. The number of ether oxygens (including phenoxy) is 1. The zero-order valence-corrected chi connectivity index (χ0v) is 15.2. The molecule has 134 valence electrons. The summed E-state index contributed by atoms with van der Waals surface area (Å²) in [6, 6.07) is 10.1. The van der Waals surface area contributed by atoms with Gasteiger partial charge in [-0.15, -0.1) is 0 Å². The second-order valence-corrected chi connectivity index (χ2v) is 6.49. The molecule has 1 heterocycles. The normalized spacial score (nSPS) is 13.1. The van der Waals surface area contributed by atoms with Crippen molar-refractivity contribution in [1.29, 1.82) is 0 Å². The van der Waals surface area contributed by atoms with Crippen LogP contribution in [-0.2, 0) is 4.74 Å². The van der Waals surface area contributed by atoms with Crippen LogP contribution >= 0.6 is 0 Å². The third-order valence-electron chi connectivity index (χ3n) is 4.45. The van der Waals surface area contributed by atoms with Crippen LogP contribution in [0.15, 0.2) is 36.4 Å². The zero-order valence-electron chi connectivity index (χ0n) is 15.2. The van der Waals surface area contributed by atoms with Crippen LogP contribution in [0.1, 0.15) is 62.0 Å². The maximum absolute atomic E-state index is 12.8. The van der Waals surface area contributed by atoms with Gasteiger partial charge in [0.05, 0.1) is 29.0 Å². The Morgan fingerprint density at radius 2 is 1.73 bits per heavy atom. The quantitative estimate of drug-likeness (QED) is 0.463. The van der Waals surface area contributed by atoms with E-state index in [2.05, 4.69) is 0 Å². The molecule has 2 aromatic carbocycles. The van der Waals surface area contributed by atoms with E-state index in [1.807, 2.05) is 32.9 Å². The van der Waals surface area contributed by atoms with Gasteiger partial charge in [-0.2, -0.15) is 0 Å². The number of hydrogen-bond donors (Lipinski definition) is 0. The van der Waals surface area contributed by atoms with Gasteiger partial charge in [-0.1, -0.05) is 31.0 Å². The maximum Gasteiger partial charge on any atom is 0.338 e. The Morgan fingerprint density at radius 3 is 2.42 bits per heavy atom. The van der Waals surface area contributed by atoms with E-state index in [9.17, 15) is 14.4 Å². The van der Waals surface area contributed by atoms with Crippen molar-refractivity contribution < 1.29 is 19.1 Å². The first-order valence-corrected chi connectivity index (χ1v) is 8.71. The average Bonchev–Trinajstić information content (AvgIpc) is 2.86. The highest BCUT2D eigenvalue weighted by Gasteiger charge is 2.37. The fraction of sp³-hybridized carbons (Fsp3) is 0.286. The first-order chi connectivity index (χ1) is 12.4. The highest BCUT2D eigenvalue weighted by atomic mass is 16.5. The van der Waals surface area contributed by atoms with Gasteiger partial charge in [-0.05, 0) is 50.1 Å². The monoisotopic (exact) mass is 351 g/mol. The molecule has 0 spiro atoms. The molecule has 2 aromatic rings. The number of carbonyl (C=O) groups excluding carboxylic acids is 3. The molecule has 0 radical (unpaired) electrons. The van der Waals surface area contributed by atoms with Gasteiger partial charge in [-0.3, -0.25) is 9.59 Å². The Balaban J connectivity index is 1.91. The number of hydrogen-bond acceptors (Lipinski definition) is 4. The summed E-state index contributed by atoms with van der Waals surface area (Å²) in [6.45, 7) is 6.17. The first-order valence-electron chi connectivity index (χ1n) is 8.71. The number of aryl methyl sites for hydroxylation is 2. The Bertz CT molecular complexity index is 901. The van der Waals surface area contributed by atoms with Crippen molar-refractivity contribution in [3.8, 4) is 0 Å². The van der Waals surface area contributed by atoms with Crippen LogP contribution in [0.2, 0.25) is 0 Å². The maximum atomic E-state index is 12.8. The van der Waals surface area contributed by atoms with E-state index in [0.717, 1.165) is 24.0 Å². The van der Waals surface area contributed by atoms with Gasteiger partial charge in [0.25, 0.3) is 11.8 Å². The molecule has 0 atom stereocenters. The molecule has 0 fully saturated rings. The number of benzene rings is 2. The Hall–Kier alpha value is -2.95. The highest BCUT2D eigenvalue weighted by Crippen LogP contribution is 2.31. The third-order valence-corrected chi connectivity index (χ3v) is 4.45. The molecule has 0 saturated carbocycles. The molecule has 0 saturated heterocycles. The van der Waals surface area contributed by atoms with E-state index in [0.29, 0.717) is 17.9 Å². The minimum Gasteiger partial charge on any atom is -0.462 e. The summed E-state index contributed by atoms with van der Waals surface area (Å²) in [5.41, 5.74) is 3.29. The SMILES string of the molecule is CCCCOC(=O)c1ccc2c(c1)C(=O)N(c1ccc(C)cc1C)C2=O. The van der Waals surface area contributed by atoms with Crippen molar-refractivity contribution in [2.45, 2.75) is 33.6 Å². The number of unbranched alkanes of at least 4 members (excludes halogenated alkanes) is 1. The van der Waals surface area contributed by atoms with Crippen LogP contribution in [0.25, 0.3) is 0 Å². The van der Waals surface area contributed by atoms with Crippen LogP contribution in [0.3, 0.4) is 0 Å². The van der Waals surface area contributed by atoms with Gasteiger partial charge < -0.3 is 4.74 Å². The Morgan fingerprint density at radius 1 is 1.00 bits per heavy atom. The molecule has 1 aliphatic rings. The summed E-state index contributed by atoms with van der Waals surface area (Å²) >= 11 is 0. The standard InChI is InChI=1S/C21H21NO4/c1-4-5-10-26-21(25)15-7-8-16-17(12-15)20(24)22(19(16)23)18-9-6-13(2)11-14(18)3/h6-9,11-12H,4-5,10H2,1-3H3. The summed E-state index contributed by atoms with van der Waals surface area (Å²) < 4.78 is 5.19. The van der Waals surface area contributed by atoms with E-state index >= 15 is 0 Å². The topological polar surface area (TPSA) is 63.7 Å². The number of rotatable bonds is 5. The molecule has 2 amide bonds. The molecule has 5 heteroatoms. The Labute approximate surface area is 152 Å². The van der Waals surface area contributed by atoms with Crippen molar-refractivity contribution in [3.05, 3.63) is 64.2 Å². The molecular weight excluding hydrogens is 330 g/mol. The molecule has 0 aromatic heterocycles. The molecule has 5 nitrogen and oxygen atoms in total. The predicted molar refractivity (Wildman–Crippen MR) is 98.7 cm³/mol. The van der Waals surface area contributed by atoms with E-state index in [-0.39, 0.29) is 17.0 Å². The van der Waals surface area contributed by atoms with Crippen LogP contribution in [0, 0.1) is 13.8 Å². The fourth-order valence-corrected chi connectivity index (χ4v) is 3.04. The van der Waals surface area contributed by atoms with Gasteiger partial charge in [0.1, 0.15) is 0 Å². The van der Waals surface area contributed by atoms with Gasteiger partial charge in [0.2, 0.25) is 0 Å². The Kier molecular flexibility index (Phi) is 4.89. The van der Waals surface area contributed by atoms with Crippen LogP contribution in [0.5, 0.6) is 0 Å². The van der Waals surface area contributed by atoms with Crippen molar-refractivity contribution in [2.24, 2.45) is 0 Å². The summed E-state index contributed by atoms with van der Waals surface area (Å²) in [5.74, 6) is -1.27. The number of amides is 2. The number of nitrogens with zero attached hydrogens (tertiary/aromatic N) is 1. The van der Waals surface area contributed by atoms with E-state index in [4.69, 9.17) is 4.74 Å². The van der Waals surface area contributed by atoms with Crippen molar-refractivity contribution in [2.75, 3.05) is 11.5 Å². The predicted octanol–water partition coefficient (Wildman–Crippen LogP) is 4.06. The highest BCUT2D eigenvalue weighted by molar-refractivity contribution is 6.34. The zero-order chi connectivity index (χ0) is 18.8. The minimum absolute atomic E-state index is 0.236. The second-order valence-electron chi connectivity index (χ2n) is 6.49. The van der Waals surface area contributed by atoms with Gasteiger partial charge >= 0.3 is 5.97 Å². The minimum atomic E-state index is -0.480. The number of imide groups is 1. The molecule has 26 heavy (non-hydrogen) atoms. The number of fused-ring (bicyclic) bond motifs is 1. The molecule has 0 bridgehead atoms. The van der Waals surface area contributed by atoms with Crippen LogP contribution in [0.4, 0.5) is 5.69 Å². The lowest BCUT2D eigenvalue weighted by Crippen LogP contribution is -2.30. The lowest BCUT2D eigenvalue weighted by Gasteiger charge is -2.16. The molecule has 0 unspecified atom stereocenters. The van der Waals surface area contributed by atoms with Crippen molar-refractivity contribution in [1.82, 2.24) is 0 Å². The number of carbonyl (C=O) groups is 3. The molecule has 0 aliphatic carbocycles. The fourth-order valence-electron chi connectivity index (χ4n) is 3.04. The lowest BCUT2D eigenvalue weighted by molar-refractivity contribution is 0.0499. The van der Waals surface area contributed by atoms with E-state index in [1.54, 1.807) is 6.07 Å². The second kappa shape index (κ2) is 7.12. The van der Waals surface area contributed by atoms with Crippen molar-refractivity contribution >= 4 is 23.5 Å². The van der Waals surface area contributed by atoms with Gasteiger partial charge in [-0.25, -0.2) is 9.69 Å². The van der Waals surface area contributed by atoms with Crippen LogP contribution in [-0.4, -0.2) is 24.4 Å². The van der Waals surface area contributed by atoms with E-state index < -0.39 is 11.9 Å². The molecule has 3 rings (SSSR count). The largest absolute Gasteiger partial charge is 0.462 e. The molecule has 1 aliphatic heterocycles. The summed E-state index contributed by atoms with van der Waals surface area (Å²) in [4.78, 5) is 38.8. The number of anilines is 1. The summed E-state index contributed by atoms with van der Waals surface area (Å²) in [6.07, 6.45) is 1.71. The molecular formula is C21H21NO4. The van der Waals surface area contributed by atoms with Crippen LogP contribution < -0.4 is 4.90 Å². The third kappa shape index (κ3) is 3.12.